The van der Waals surface area contributed by atoms with Crippen LogP contribution in [0.25, 0.3) is 0 Å². The molecule has 0 aromatic heterocycles. The molecule has 0 spiro atoms. The van der Waals surface area contributed by atoms with E-state index in [1.807, 2.05) is 37.3 Å². The third-order valence-corrected chi connectivity index (χ3v) is 2.71. The lowest BCUT2D eigenvalue weighted by Crippen LogP contribution is -2.14. The molecule has 2 heteroatoms. The molecule has 96 valence electrons. The van der Waals surface area contributed by atoms with Gasteiger partial charge in [-0.05, 0) is 25.8 Å². The highest BCUT2D eigenvalue weighted by Gasteiger charge is 2.21. The summed E-state index contributed by atoms with van der Waals surface area (Å²) in [6.45, 7) is 11.9. The first-order valence-corrected chi connectivity index (χ1v) is 6.11. The van der Waals surface area contributed by atoms with E-state index in [1.54, 1.807) is 6.92 Å². The number of allylic oxidation sites excluding steroid dienone is 1. The normalized spacial score (nSPS) is 11.7. The quantitative estimate of drug-likeness (QED) is 0.431. The second-order valence-electron chi connectivity index (χ2n) is 4.37. The van der Waals surface area contributed by atoms with Gasteiger partial charge in [-0.25, -0.2) is 4.79 Å². The minimum absolute atomic E-state index is 0.0530. The van der Waals surface area contributed by atoms with E-state index in [0.717, 1.165) is 11.1 Å². The van der Waals surface area contributed by atoms with Crippen LogP contribution in [-0.2, 0) is 9.53 Å². The summed E-state index contributed by atoms with van der Waals surface area (Å²) < 4.78 is 5.02. The van der Waals surface area contributed by atoms with Gasteiger partial charge in [-0.1, -0.05) is 42.5 Å². The first kappa shape index (κ1) is 14.2. The zero-order chi connectivity index (χ0) is 13.5. The van der Waals surface area contributed by atoms with Gasteiger partial charge in [0.25, 0.3) is 0 Å². The maximum absolute atomic E-state index is 11.8. The van der Waals surface area contributed by atoms with Crippen molar-refractivity contribution in [3.8, 4) is 0 Å². The van der Waals surface area contributed by atoms with Crippen molar-refractivity contribution in [3.05, 3.63) is 60.2 Å². The molecule has 0 radical (unpaired) electrons. The Bertz CT molecular complexity index is 432. The lowest BCUT2D eigenvalue weighted by molar-refractivity contribution is -0.138. The molecule has 1 aromatic rings. The molecule has 0 heterocycles. The van der Waals surface area contributed by atoms with Gasteiger partial charge < -0.3 is 4.74 Å². The fourth-order valence-corrected chi connectivity index (χ4v) is 1.84. The number of benzene rings is 1. The summed E-state index contributed by atoms with van der Waals surface area (Å²) in [6.07, 6.45) is 0.710. The zero-order valence-corrected chi connectivity index (χ0v) is 11.1. The average Bonchev–Trinajstić information content (AvgIpc) is 2.36. The molecule has 0 aliphatic heterocycles. The van der Waals surface area contributed by atoms with Crippen LogP contribution in [0.2, 0.25) is 0 Å². The van der Waals surface area contributed by atoms with E-state index in [1.165, 1.54) is 0 Å². The van der Waals surface area contributed by atoms with Crippen LogP contribution in [0, 0.1) is 0 Å². The Morgan fingerprint density at radius 3 is 2.39 bits per heavy atom. The molecule has 1 atom stereocenters. The number of carbonyl (C=O) groups is 1. The summed E-state index contributed by atoms with van der Waals surface area (Å²) in [5.41, 5.74) is 2.58. The highest BCUT2D eigenvalue weighted by atomic mass is 16.5. The van der Waals surface area contributed by atoms with Crippen molar-refractivity contribution in [2.45, 2.75) is 26.2 Å². The summed E-state index contributed by atoms with van der Waals surface area (Å²) in [7, 11) is 0. The van der Waals surface area contributed by atoms with Crippen molar-refractivity contribution in [3.63, 3.8) is 0 Å². The molecule has 0 saturated heterocycles. The van der Waals surface area contributed by atoms with Crippen molar-refractivity contribution in [1.82, 2.24) is 0 Å². The summed E-state index contributed by atoms with van der Waals surface area (Å²) >= 11 is 0. The van der Waals surface area contributed by atoms with Crippen LogP contribution < -0.4 is 0 Å². The molecule has 1 rings (SSSR count). The van der Waals surface area contributed by atoms with Crippen LogP contribution in [0.1, 0.15) is 31.7 Å². The molecule has 0 unspecified atom stereocenters. The van der Waals surface area contributed by atoms with Crippen LogP contribution in [0.5, 0.6) is 0 Å². The number of carbonyl (C=O) groups excluding carboxylic acids is 1. The second kappa shape index (κ2) is 6.80. The van der Waals surface area contributed by atoms with Gasteiger partial charge in [0.05, 0.1) is 6.61 Å². The smallest absolute Gasteiger partial charge is 0.334 e. The van der Waals surface area contributed by atoms with E-state index >= 15 is 0 Å². The third-order valence-electron chi connectivity index (χ3n) is 2.71. The Balaban J connectivity index is 2.95. The molecule has 18 heavy (non-hydrogen) atoms. The Morgan fingerprint density at radius 2 is 1.89 bits per heavy atom. The highest BCUT2D eigenvalue weighted by Crippen LogP contribution is 2.30. The molecule has 0 amide bonds. The van der Waals surface area contributed by atoms with Crippen LogP contribution in [-0.4, -0.2) is 12.6 Å². The average molecular weight is 244 g/mol. The fourth-order valence-electron chi connectivity index (χ4n) is 1.84. The summed E-state index contributed by atoms with van der Waals surface area (Å²) in [4.78, 5) is 11.8. The van der Waals surface area contributed by atoms with Gasteiger partial charge in [-0.2, -0.15) is 0 Å². The summed E-state index contributed by atoms with van der Waals surface area (Å²) in [5, 5.41) is 0. The Hall–Kier alpha value is -1.83. The standard InChI is InChI=1S/C16H20O2/c1-5-18-16(17)13(4)15(11-12(2)3)14-9-7-6-8-10-14/h6-10,15H,2,4-5,11H2,1,3H3/t15-/m0/s1. The molecule has 0 fully saturated rings. The van der Waals surface area contributed by atoms with Crippen LogP contribution in [0.4, 0.5) is 0 Å². The van der Waals surface area contributed by atoms with Gasteiger partial charge in [-0.15, -0.1) is 6.58 Å². The predicted molar refractivity (Wildman–Crippen MR) is 74.4 cm³/mol. The number of hydrogen-bond donors (Lipinski definition) is 0. The minimum atomic E-state index is -0.326. The molecule has 2 nitrogen and oxygen atoms in total. The fraction of sp³-hybridized carbons (Fsp3) is 0.312. The van der Waals surface area contributed by atoms with Crippen LogP contribution in [0.3, 0.4) is 0 Å². The topological polar surface area (TPSA) is 26.3 Å². The van der Waals surface area contributed by atoms with Crippen molar-refractivity contribution >= 4 is 5.97 Å². The van der Waals surface area contributed by atoms with E-state index in [2.05, 4.69) is 13.2 Å². The molecule has 0 bridgehead atoms. The van der Waals surface area contributed by atoms with Gasteiger partial charge in [0.2, 0.25) is 0 Å². The molecular weight excluding hydrogens is 224 g/mol. The number of hydrogen-bond acceptors (Lipinski definition) is 2. The summed E-state index contributed by atoms with van der Waals surface area (Å²) in [6, 6.07) is 9.86. The van der Waals surface area contributed by atoms with Gasteiger partial charge in [0, 0.05) is 11.5 Å². The maximum atomic E-state index is 11.8. The Labute approximate surface area is 109 Å². The van der Waals surface area contributed by atoms with Crippen LogP contribution in [0.15, 0.2) is 54.6 Å². The first-order valence-electron chi connectivity index (χ1n) is 6.11. The number of rotatable bonds is 6. The highest BCUT2D eigenvalue weighted by molar-refractivity contribution is 5.89. The van der Waals surface area contributed by atoms with E-state index in [-0.39, 0.29) is 11.9 Å². The van der Waals surface area contributed by atoms with E-state index < -0.39 is 0 Å². The lowest BCUT2D eigenvalue weighted by Gasteiger charge is -2.19. The van der Waals surface area contributed by atoms with Crippen LogP contribution >= 0.6 is 0 Å². The zero-order valence-electron chi connectivity index (χ0n) is 11.1. The molecule has 0 aliphatic rings. The minimum Gasteiger partial charge on any atom is -0.463 e. The second-order valence-corrected chi connectivity index (χ2v) is 4.37. The summed E-state index contributed by atoms with van der Waals surface area (Å²) in [5.74, 6) is -0.379. The van der Waals surface area contributed by atoms with Crippen molar-refractivity contribution < 1.29 is 9.53 Å². The van der Waals surface area contributed by atoms with Gasteiger partial charge in [-0.3, -0.25) is 0 Å². The van der Waals surface area contributed by atoms with Crippen molar-refractivity contribution in [2.24, 2.45) is 0 Å². The Kier molecular flexibility index (Phi) is 5.37. The Morgan fingerprint density at radius 1 is 1.28 bits per heavy atom. The first-order chi connectivity index (χ1) is 8.56. The number of esters is 1. The molecule has 1 aromatic carbocycles. The molecule has 0 saturated carbocycles. The maximum Gasteiger partial charge on any atom is 0.334 e. The number of ether oxygens (including phenoxy) is 1. The monoisotopic (exact) mass is 244 g/mol. The third kappa shape index (κ3) is 3.88. The SMILES string of the molecule is C=C(C)C[C@@H](C(=C)C(=O)OCC)c1ccccc1. The van der Waals surface area contributed by atoms with Gasteiger partial charge in [0.15, 0.2) is 0 Å². The van der Waals surface area contributed by atoms with Gasteiger partial charge in [0.1, 0.15) is 0 Å². The van der Waals surface area contributed by atoms with E-state index in [9.17, 15) is 4.79 Å². The molecular formula is C16H20O2. The van der Waals surface area contributed by atoms with Crippen molar-refractivity contribution in [2.75, 3.05) is 6.61 Å². The molecule has 0 aliphatic carbocycles. The van der Waals surface area contributed by atoms with E-state index in [4.69, 9.17) is 4.74 Å². The lowest BCUT2D eigenvalue weighted by atomic mass is 9.87. The van der Waals surface area contributed by atoms with Crippen molar-refractivity contribution in [1.29, 1.82) is 0 Å². The predicted octanol–water partition coefficient (Wildman–Crippen LogP) is 3.86. The van der Waals surface area contributed by atoms with Gasteiger partial charge >= 0.3 is 5.97 Å². The molecule has 0 N–H and O–H groups in total. The largest absolute Gasteiger partial charge is 0.463 e. The van der Waals surface area contributed by atoms with E-state index in [0.29, 0.717) is 18.6 Å².